The molecule has 6 rings (SSSR count). The van der Waals surface area contributed by atoms with Crippen LogP contribution in [0.3, 0.4) is 0 Å². The number of para-hydroxylation sites is 2. The first kappa shape index (κ1) is 23.4. The molecule has 2 saturated heterocycles. The normalized spacial score (nSPS) is 16.7. The number of aryl methyl sites for hydroxylation is 1. The number of benzene rings is 1. The first-order chi connectivity index (χ1) is 17.9. The lowest BCUT2D eigenvalue weighted by atomic mass is 10.1. The van der Waals surface area contributed by atoms with Crippen LogP contribution in [0, 0.1) is 5.82 Å². The number of pyridine rings is 2. The minimum Gasteiger partial charge on any atom is -0.353 e. The Labute approximate surface area is 211 Å². The van der Waals surface area contributed by atoms with Gasteiger partial charge >= 0.3 is 0 Å². The topological polar surface area (TPSA) is 104 Å². The van der Waals surface area contributed by atoms with E-state index in [1.165, 1.54) is 0 Å². The van der Waals surface area contributed by atoms with E-state index in [9.17, 15) is 14.4 Å². The number of amides is 2. The molecule has 11 heteroatoms. The van der Waals surface area contributed by atoms with Crippen molar-refractivity contribution >= 4 is 45.3 Å². The number of hydrogen-bond donors (Lipinski definition) is 2. The summed E-state index contributed by atoms with van der Waals surface area (Å²) in [4.78, 5) is 47.6. The molecule has 2 aliphatic heterocycles. The molecule has 2 amide bonds. The van der Waals surface area contributed by atoms with Crippen molar-refractivity contribution in [1.29, 1.82) is 0 Å². The molecule has 0 aliphatic carbocycles. The van der Waals surface area contributed by atoms with Crippen LogP contribution < -0.4 is 21.0 Å². The zero-order valence-electron chi connectivity index (χ0n) is 20.6. The summed E-state index contributed by atoms with van der Waals surface area (Å²) in [5.41, 5.74) is 1.54. The Morgan fingerprint density at radius 3 is 2.65 bits per heavy atom. The SMILES string of the molecule is Cn1c2ccccc2n2c3nc(N4CCNC(=O)C4)c(F)cc3c(=O)c(C(=O)NCCN3CCCC3)c12. The summed E-state index contributed by atoms with van der Waals surface area (Å²) in [6, 6.07) is 8.65. The number of anilines is 1. The van der Waals surface area contributed by atoms with Crippen molar-refractivity contribution in [3.63, 3.8) is 0 Å². The first-order valence-corrected chi connectivity index (χ1v) is 12.6. The van der Waals surface area contributed by atoms with E-state index < -0.39 is 17.2 Å². The fourth-order valence-electron chi connectivity index (χ4n) is 5.52. The second-order valence-electron chi connectivity index (χ2n) is 9.65. The molecule has 1 aromatic carbocycles. The second-order valence-corrected chi connectivity index (χ2v) is 9.65. The summed E-state index contributed by atoms with van der Waals surface area (Å²) in [7, 11) is 1.79. The molecule has 4 aromatic rings. The Morgan fingerprint density at radius 1 is 1.14 bits per heavy atom. The van der Waals surface area contributed by atoms with E-state index >= 15 is 4.39 Å². The molecule has 192 valence electrons. The van der Waals surface area contributed by atoms with Crippen molar-refractivity contribution in [3.8, 4) is 0 Å². The lowest BCUT2D eigenvalue weighted by Crippen LogP contribution is -2.48. The predicted molar refractivity (Wildman–Crippen MR) is 139 cm³/mol. The van der Waals surface area contributed by atoms with E-state index in [1.807, 2.05) is 24.3 Å². The summed E-state index contributed by atoms with van der Waals surface area (Å²) in [6.45, 7) is 3.88. The van der Waals surface area contributed by atoms with Crippen LogP contribution in [0.4, 0.5) is 10.2 Å². The summed E-state index contributed by atoms with van der Waals surface area (Å²) in [5, 5.41) is 5.64. The Kier molecular flexibility index (Phi) is 5.79. The van der Waals surface area contributed by atoms with Gasteiger partial charge < -0.3 is 25.0 Å². The van der Waals surface area contributed by atoms with Crippen LogP contribution in [-0.2, 0) is 11.8 Å². The second kappa shape index (κ2) is 9.15. The number of carbonyl (C=O) groups is 2. The van der Waals surface area contributed by atoms with E-state index in [4.69, 9.17) is 0 Å². The molecule has 0 unspecified atom stereocenters. The molecule has 0 bridgehead atoms. The minimum absolute atomic E-state index is 0.00583. The Bertz CT molecular complexity index is 1620. The van der Waals surface area contributed by atoms with E-state index in [1.54, 1.807) is 20.9 Å². The van der Waals surface area contributed by atoms with Gasteiger partial charge in [0.05, 0.1) is 23.0 Å². The molecule has 0 spiro atoms. The molecule has 5 heterocycles. The van der Waals surface area contributed by atoms with Gasteiger partial charge in [0.2, 0.25) is 11.3 Å². The van der Waals surface area contributed by atoms with Gasteiger partial charge in [-0.1, -0.05) is 12.1 Å². The highest BCUT2D eigenvalue weighted by molar-refractivity contribution is 6.06. The maximum absolute atomic E-state index is 15.3. The third-order valence-electron chi connectivity index (χ3n) is 7.34. The molecule has 10 nitrogen and oxygen atoms in total. The van der Waals surface area contributed by atoms with Crippen molar-refractivity contribution in [2.45, 2.75) is 12.8 Å². The number of aromatic nitrogens is 3. The molecule has 0 atom stereocenters. The van der Waals surface area contributed by atoms with Crippen LogP contribution in [0.5, 0.6) is 0 Å². The van der Waals surface area contributed by atoms with Crippen LogP contribution in [0.1, 0.15) is 23.2 Å². The Hall–Kier alpha value is -3.99. The van der Waals surface area contributed by atoms with E-state index in [2.05, 4.69) is 20.5 Å². The van der Waals surface area contributed by atoms with E-state index in [0.29, 0.717) is 31.8 Å². The van der Waals surface area contributed by atoms with Crippen molar-refractivity contribution in [3.05, 3.63) is 51.9 Å². The summed E-state index contributed by atoms with van der Waals surface area (Å²) >= 11 is 0. The third kappa shape index (κ3) is 3.90. The largest absolute Gasteiger partial charge is 0.353 e. The van der Waals surface area contributed by atoms with Crippen LogP contribution in [0.25, 0.3) is 27.7 Å². The van der Waals surface area contributed by atoms with Crippen LogP contribution in [-0.4, -0.2) is 76.5 Å². The lowest BCUT2D eigenvalue weighted by molar-refractivity contribution is -0.120. The van der Waals surface area contributed by atoms with Gasteiger partial charge in [-0.15, -0.1) is 0 Å². The van der Waals surface area contributed by atoms with Gasteiger partial charge in [0.25, 0.3) is 5.91 Å². The van der Waals surface area contributed by atoms with Gasteiger partial charge in [-0.25, -0.2) is 9.37 Å². The van der Waals surface area contributed by atoms with Crippen LogP contribution >= 0.6 is 0 Å². The Morgan fingerprint density at radius 2 is 1.89 bits per heavy atom. The number of piperazine rings is 1. The molecular weight excluding hydrogens is 477 g/mol. The molecule has 3 aromatic heterocycles. The summed E-state index contributed by atoms with van der Waals surface area (Å²) in [6.07, 6.45) is 2.30. The number of hydrogen-bond acceptors (Lipinski definition) is 6. The highest BCUT2D eigenvalue weighted by atomic mass is 19.1. The van der Waals surface area contributed by atoms with Crippen LogP contribution in [0.2, 0.25) is 0 Å². The number of nitrogens with one attached hydrogen (secondary N) is 2. The molecule has 2 aliphatic rings. The van der Waals surface area contributed by atoms with Gasteiger partial charge in [0.1, 0.15) is 11.2 Å². The predicted octanol–water partition coefficient (Wildman–Crippen LogP) is 1.24. The molecule has 0 saturated carbocycles. The van der Waals surface area contributed by atoms with Gasteiger partial charge in [0, 0.05) is 33.2 Å². The standard InChI is InChI=1S/C26H28FN7O3/c1-31-18-6-2-3-7-19(18)34-23-16(14-17(27)24(30-23)33-13-9-28-20(35)15-33)22(36)21(26(31)34)25(37)29-8-12-32-10-4-5-11-32/h2-3,6-7,14H,4-5,8-13,15H2,1H3,(H,28,35)(H,29,37). The fourth-order valence-corrected chi connectivity index (χ4v) is 5.52. The smallest absolute Gasteiger partial charge is 0.259 e. The van der Waals surface area contributed by atoms with E-state index in [-0.39, 0.29) is 34.9 Å². The average molecular weight is 506 g/mol. The monoisotopic (exact) mass is 505 g/mol. The number of imidazole rings is 1. The average Bonchev–Trinajstić information content (AvgIpc) is 3.51. The van der Waals surface area contributed by atoms with Crippen LogP contribution in [0.15, 0.2) is 35.1 Å². The molecule has 0 radical (unpaired) electrons. The number of fused-ring (bicyclic) bond motifs is 5. The maximum atomic E-state index is 15.3. The number of nitrogens with zero attached hydrogens (tertiary/aromatic N) is 5. The zero-order chi connectivity index (χ0) is 25.7. The zero-order valence-corrected chi connectivity index (χ0v) is 20.6. The van der Waals surface area contributed by atoms with Gasteiger partial charge in [-0.3, -0.25) is 18.8 Å². The fraction of sp³-hybridized carbons (Fsp3) is 0.385. The molecule has 2 fully saturated rings. The number of rotatable bonds is 5. The highest BCUT2D eigenvalue weighted by Gasteiger charge is 2.27. The number of likely N-dealkylation sites (tertiary alicyclic amines) is 1. The lowest BCUT2D eigenvalue weighted by Gasteiger charge is -2.28. The molecule has 2 N–H and O–H groups in total. The van der Waals surface area contributed by atoms with Gasteiger partial charge in [-0.2, -0.15) is 0 Å². The number of carbonyl (C=O) groups excluding carboxylic acids is 2. The van der Waals surface area contributed by atoms with Crippen molar-refractivity contribution in [2.75, 3.05) is 50.7 Å². The quantitative estimate of drug-likeness (QED) is 0.423. The summed E-state index contributed by atoms with van der Waals surface area (Å²) < 4.78 is 18.9. The van der Waals surface area contributed by atoms with Crippen molar-refractivity contribution < 1.29 is 14.0 Å². The highest BCUT2D eigenvalue weighted by Crippen LogP contribution is 2.28. The van der Waals surface area contributed by atoms with Gasteiger partial charge in [0.15, 0.2) is 17.3 Å². The maximum Gasteiger partial charge on any atom is 0.259 e. The Balaban J connectivity index is 1.54. The minimum atomic E-state index is -0.708. The third-order valence-corrected chi connectivity index (χ3v) is 7.34. The molecule has 37 heavy (non-hydrogen) atoms. The van der Waals surface area contributed by atoms with E-state index in [0.717, 1.165) is 43.0 Å². The first-order valence-electron chi connectivity index (χ1n) is 12.6. The van der Waals surface area contributed by atoms with Gasteiger partial charge in [-0.05, 0) is 44.1 Å². The summed E-state index contributed by atoms with van der Waals surface area (Å²) in [5.74, 6) is -1.42. The van der Waals surface area contributed by atoms with Crippen molar-refractivity contribution in [2.24, 2.45) is 7.05 Å². The number of halogens is 1. The van der Waals surface area contributed by atoms with Crippen molar-refractivity contribution in [1.82, 2.24) is 29.5 Å². The molecular formula is C26H28FN7O3.